The molecular weight excluding hydrogens is 162 g/mol. The molecule has 2 heteroatoms. The molecular formula is C11H17NO. The lowest BCUT2D eigenvalue weighted by molar-refractivity contribution is 0.143. The van der Waals surface area contributed by atoms with Crippen LogP contribution in [0.3, 0.4) is 0 Å². The summed E-state index contributed by atoms with van der Waals surface area (Å²) in [6.45, 7) is 6.00. The predicted octanol–water partition coefficient (Wildman–Crippen LogP) is 2.26. The Hall–Kier alpha value is -0.890. The molecule has 0 radical (unpaired) electrons. The Morgan fingerprint density at radius 3 is 2.62 bits per heavy atom. The lowest BCUT2D eigenvalue weighted by atomic mass is 9.98. The summed E-state index contributed by atoms with van der Waals surface area (Å²) >= 11 is 0. The monoisotopic (exact) mass is 179 g/mol. The molecule has 0 aliphatic rings. The van der Waals surface area contributed by atoms with Gasteiger partial charge >= 0.3 is 0 Å². The Balaban J connectivity index is 2.77. The van der Waals surface area contributed by atoms with Crippen molar-refractivity contribution in [1.29, 1.82) is 0 Å². The van der Waals surface area contributed by atoms with Crippen molar-refractivity contribution in [2.45, 2.75) is 39.2 Å². The fourth-order valence-electron chi connectivity index (χ4n) is 1.30. The van der Waals surface area contributed by atoms with E-state index >= 15 is 0 Å². The molecule has 2 unspecified atom stereocenters. The predicted molar refractivity (Wildman–Crippen MR) is 53.7 cm³/mol. The first kappa shape index (κ1) is 10.2. The third kappa shape index (κ3) is 2.52. The van der Waals surface area contributed by atoms with Gasteiger partial charge in [0.15, 0.2) is 0 Å². The first-order valence-electron chi connectivity index (χ1n) is 4.75. The van der Waals surface area contributed by atoms with Crippen molar-refractivity contribution in [3.8, 4) is 0 Å². The van der Waals surface area contributed by atoms with Gasteiger partial charge in [-0.3, -0.25) is 4.98 Å². The van der Waals surface area contributed by atoms with Gasteiger partial charge in [-0.25, -0.2) is 0 Å². The number of hydrogen-bond donors (Lipinski definition) is 1. The van der Waals surface area contributed by atoms with Gasteiger partial charge in [0.2, 0.25) is 0 Å². The smallest absolute Gasteiger partial charge is 0.0618 e. The van der Waals surface area contributed by atoms with E-state index in [-0.39, 0.29) is 12.0 Å². The van der Waals surface area contributed by atoms with Crippen molar-refractivity contribution in [2.75, 3.05) is 0 Å². The average Bonchev–Trinajstić information content (AvgIpc) is 2.17. The van der Waals surface area contributed by atoms with Crippen LogP contribution in [-0.2, 0) is 0 Å². The summed E-state index contributed by atoms with van der Waals surface area (Å²) < 4.78 is 0. The van der Waals surface area contributed by atoms with E-state index in [0.717, 1.165) is 17.7 Å². The number of aliphatic hydroxyl groups excluding tert-OH is 1. The largest absolute Gasteiger partial charge is 0.392 e. The molecule has 1 N–H and O–H groups in total. The maximum Gasteiger partial charge on any atom is 0.0618 e. The molecule has 0 aliphatic carbocycles. The number of aliphatic hydroxyl groups is 1. The first-order chi connectivity index (χ1) is 6.15. The van der Waals surface area contributed by atoms with E-state index < -0.39 is 0 Å². The van der Waals surface area contributed by atoms with Crippen molar-refractivity contribution >= 4 is 0 Å². The van der Waals surface area contributed by atoms with Gasteiger partial charge in [-0.05, 0) is 25.0 Å². The van der Waals surface area contributed by atoms with Gasteiger partial charge in [-0.1, -0.05) is 19.9 Å². The molecule has 2 nitrogen and oxygen atoms in total. The van der Waals surface area contributed by atoms with E-state index in [1.54, 1.807) is 0 Å². The molecule has 0 amide bonds. The third-order valence-corrected chi connectivity index (χ3v) is 2.40. The van der Waals surface area contributed by atoms with Gasteiger partial charge in [0, 0.05) is 17.8 Å². The lowest BCUT2D eigenvalue weighted by Gasteiger charge is -2.16. The second-order valence-electron chi connectivity index (χ2n) is 3.52. The lowest BCUT2D eigenvalue weighted by Crippen LogP contribution is -2.15. The summed E-state index contributed by atoms with van der Waals surface area (Å²) in [5, 5.41) is 9.61. The van der Waals surface area contributed by atoms with Gasteiger partial charge in [0.05, 0.1) is 6.10 Å². The Morgan fingerprint density at radius 2 is 2.15 bits per heavy atom. The highest BCUT2D eigenvalue weighted by atomic mass is 16.3. The highest BCUT2D eigenvalue weighted by Crippen LogP contribution is 2.18. The number of rotatable bonds is 3. The van der Waals surface area contributed by atoms with Gasteiger partial charge in [0.1, 0.15) is 0 Å². The van der Waals surface area contributed by atoms with E-state index in [4.69, 9.17) is 0 Å². The second-order valence-corrected chi connectivity index (χ2v) is 3.52. The Bertz CT molecular complexity index is 255. The molecule has 72 valence electrons. The normalized spacial score (nSPS) is 15.4. The van der Waals surface area contributed by atoms with Crippen LogP contribution < -0.4 is 0 Å². The SMILES string of the molecule is CCC(O)C(C)c1ccc(C)cn1. The molecule has 0 aliphatic heterocycles. The van der Waals surface area contributed by atoms with Crippen LogP contribution in [0.5, 0.6) is 0 Å². The Kier molecular flexibility index (Phi) is 3.43. The van der Waals surface area contributed by atoms with Gasteiger partial charge < -0.3 is 5.11 Å². The number of hydrogen-bond acceptors (Lipinski definition) is 2. The minimum absolute atomic E-state index is 0.130. The molecule has 0 aromatic carbocycles. The standard InChI is InChI=1S/C11H17NO/c1-4-11(13)9(3)10-6-5-8(2)7-12-10/h5-7,9,11,13H,4H2,1-3H3. The first-order valence-corrected chi connectivity index (χ1v) is 4.75. The Morgan fingerprint density at radius 1 is 1.46 bits per heavy atom. The number of pyridine rings is 1. The van der Waals surface area contributed by atoms with Crippen molar-refractivity contribution in [3.63, 3.8) is 0 Å². The molecule has 0 fully saturated rings. The molecule has 1 heterocycles. The molecule has 0 spiro atoms. The van der Waals surface area contributed by atoms with E-state index in [1.807, 2.05) is 39.1 Å². The zero-order valence-corrected chi connectivity index (χ0v) is 8.49. The summed E-state index contributed by atoms with van der Waals surface area (Å²) in [6, 6.07) is 4.01. The minimum atomic E-state index is -0.282. The maximum absolute atomic E-state index is 9.61. The summed E-state index contributed by atoms with van der Waals surface area (Å²) in [4.78, 5) is 4.29. The van der Waals surface area contributed by atoms with Crippen LogP contribution in [0.2, 0.25) is 0 Å². The number of aryl methyl sites for hydroxylation is 1. The van der Waals surface area contributed by atoms with Crippen molar-refractivity contribution in [2.24, 2.45) is 0 Å². The topological polar surface area (TPSA) is 33.1 Å². The van der Waals surface area contributed by atoms with Crippen LogP contribution in [0.4, 0.5) is 0 Å². The van der Waals surface area contributed by atoms with Gasteiger partial charge in [-0.2, -0.15) is 0 Å². The van der Waals surface area contributed by atoms with Crippen molar-refractivity contribution in [3.05, 3.63) is 29.6 Å². The van der Waals surface area contributed by atoms with Crippen LogP contribution in [0, 0.1) is 6.92 Å². The van der Waals surface area contributed by atoms with Gasteiger partial charge in [0.25, 0.3) is 0 Å². The van der Waals surface area contributed by atoms with E-state index in [2.05, 4.69) is 4.98 Å². The highest BCUT2D eigenvalue weighted by molar-refractivity contribution is 5.15. The molecule has 13 heavy (non-hydrogen) atoms. The third-order valence-electron chi connectivity index (χ3n) is 2.40. The molecule has 1 aromatic heterocycles. The zero-order chi connectivity index (χ0) is 9.84. The minimum Gasteiger partial charge on any atom is -0.392 e. The molecule has 2 atom stereocenters. The molecule has 0 saturated carbocycles. The molecule has 1 rings (SSSR count). The summed E-state index contributed by atoms with van der Waals surface area (Å²) in [6.07, 6.45) is 2.33. The van der Waals surface area contributed by atoms with Crippen LogP contribution in [0.25, 0.3) is 0 Å². The molecule has 1 aromatic rings. The second kappa shape index (κ2) is 4.38. The van der Waals surface area contributed by atoms with Crippen LogP contribution in [-0.4, -0.2) is 16.2 Å². The van der Waals surface area contributed by atoms with E-state index in [1.165, 1.54) is 0 Å². The van der Waals surface area contributed by atoms with E-state index in [0.29, 0.717) is 0 Å². The highest BCUT2D eigenvalue weighted by Gasteiger charge is 2.14. The van der Waals surface area contributed by atoms with Crippen molar-refractivity contribution in [1.82, 2.24) is 4.98 Å². The van der Waals surface area contributed by atoms with Crippen molar-refractivity contribution < 1.29 is 5.11 Å². The number of aromatic nitrogens is 1. The van der Waals surface area contributed by atoms with Crippen LogP contribution >= 0.6 is 0 Å². The molecule has 0 saturated heterocycles. The summed E-state index contributed by atoms with van der Waals surface area (Å²) in [5.41, 5.74) is 2.13. The Labute approximate surface area is 79.6 Å². The number of nitrogens with zero attached hydrogens (tertiary/aromatic N) is 1. The summed E-state index contributed by atoms with van der Waals surface area (Å²) in [7, 11) is 0. The zero-order valence-electron chi connectivity index (χ0n) is 8.49. The molecule has 0 bridgehead atoms. The summed E-state index contributed by atoms with van der Waals surface area (Å²) in [5.74, 6) is 0.130. The van der Waals surface area contributed by atoms with Crippen LogP contribution in [0.15, 0.2) is 18.3 Å². The van der Waals surface area contributed by atoms with Gasteiger partial charge in [-0.15, -0.1) is 0 Å². The maximum atomic E-state index is 9.61. The quantitative estimate of drug-likeness (QED) is 0.772. The fraction of sp³-hybridized carbons (Fsp3) is 0.545. The fourth-order valence-corrected chi connectivity index (χ4v) is 1.30. The average molecular weight is 179 g/mol. The van der Waals surface area contributed by atoms with E-state index in [9.17, 15) is 5.11 Å². The van der Waals surface area contributed by atoms with Crippen LogP contribution in [0.1, 0.15) is 37.4 Å².